The second-order valence-electron chi connectivity index (χ2n) is 7.03. The van der Waals surface area contributed by atoms with Crippen LogP contribution < -0.4 is 5.32 Å². The van der Waals surface area contributed by atoms with Crippen LogP contribution in [0.25, 0.3) is 11.1 Å². The lowest BCUT2D eigenvalue weighted by Crippen LogP contribution is -2.38. The van der Waals surface area contributed by atoms with Crippen LogP contribution in [0.1, 0.15) is 36.0 Å². The number of hydrogen-bond donors (Lipinski definition) is 1. The predicted octanol–water partition coefficient (Wildman–Crippen LogP) is 4.57. The molecule has 0 heterocycles. The van der Waals surface area contributed by atoms with Gasteiger partial charge in [0.2, 0.25) is 0 Å². The van der Waals surface area contributed by atoms with E-state index in [0.717, 1.165) is 37.8 Å². The summed E-state index contributed by atoms with van der Waals surface area (Å²) in [5, 5.41) is 3.01. The number of ether oxygens (including phenoxy) is 1. The van der Waals surface area contributed by atoms with Gasteiger partial charge in [-0.05, 0) is 48.2 Å². The SMILES string of the molecule is COCC1(CNC(=O)c2cccc(-c3ccc(F)c(F)c3)c2)CCCC1. The van der Waals surface area contributed by atoms with Crippen molar-refractivity contribution in [1.82, 2.24) is 5.32 Å². The summed E-state index contributed by atoms with van der Waals surface area (Å²) >= 11 is 0. The highest BCUT2D eigenvalue weighted by Gasteiger charge is 2.34. The van der Waals surface area contributed by atoms with Gasteiger partial charge < -0.3 is 10.1 Å². The maximum atomic E-state index is 13.5. The van der Waals surface area contributed by atoms with Gasteiger partial charge in [0.25, 0.3) is 5.91 Å². The molecule has 0 spiro atoms. The molecule has 2 aromatic carbocycles. The number of carbonyl (C=O) groups is 1. The fourth-order valence-corrected chi connectivity index (χ4v) is 3.69. The Morgan fingerprint density at radius 3 is 2.50 bits per heavy atom. The molecule has 1 amide bonds. The molecule has 0 unspecified atom stereocenters. The third-order valence-electron chi connectivity index (χ3n) is 5.12. The first-order valence-corrected chi connectivity index (χ1v) is 8.86. The molecular weight excluding hydrogens is 336 g/mol. The summed E-state index contributed by atoms with van der Waals surface area (Å²) in [5.74, 6) is -1.96. The summed E-state index contributed by atoms with van der Waals surface area (Å²) in [6, 6.07) is 10.7. The van der Waals surface area contributed by atoms with E-state index in [1.807, 2.05) is 0 Å². The lowest BCUT2D eigenvalue weighted by molar-refractivity contribution is 0.0741. The number of amides is 1. The van der Waals surface area contributed by atoms with E-state index in [9.17, 15) is 13.6 Å². The van der Waals surface area contributed by atoms with Crippen LogP contribution in [0.5, 0.6) is 0 Å². The fourth-order valence-electron chi connectivity index (χ4n) is 3.69. The maximum absolute atomic E-state index is 13.5. The number of benzene rings is 2. The molecule has 0 atom stereocenters. The Balaban J connectivity index is 1.73. The van der Waals surface area contributed by atoms with E-state index in [1.54, 1.807) is 31.4 Å². The monoisotopic (exact) mass is 359 g/mol. The van der Waals surface area contributed by atoms with E-state index in [0.29, 0.717) is 29.8 Å². The van der Waals surface area contributed by atoms with Crippen molar-refractivity contribution in [2.24, 2.45) is 5.41 Å². The molecule has 0 radical (unpaired) electrons. The molecule has 1 aliphatic carbocycles. The summed E-state index contributed by atoms with van der Waals surface area (Å²) < 4.78 is 31.9. The van der Waals surface area contributed by atoms with E-state index in [-0.39, 0.29) is 11.3 Å². The second kappa shape index (κ2) is 7.96. The Bertz CT molecular complexity index is 785. The summed E-state index contributed by atoms with van der Waals surface area (Å²) in [4.78, 5) is 12.6. The molecule has 26 heavy (non-hydrogen) atoms. The number of nitrogens with one attached hydrogen (secondary N) is 1. The van der Waals surface area contributed by atoms with Gasteiger partial charge in [-0.2, -0.15) is 0 Å². The molecule has 0 saturated heterocycles. The van der Waals surface area contributed by atoms with Crippen LogP contribution in [0.2, 0.25) is 0 Å². The molecule has 2 aromatic rings. The molecule has 1 N–H and O–H groups in total. The molecule has 138 valence electrons. The minimum atomic E-state index is -0.903. The van der Waals surface area contributed by atoms with Crippen LogP contribution in [0.4, 0.5) is 8.78 Å². The molecular formula is C21H23F2NO2. The molecule has 1 aliphatic rings. The average molecular weight is 359 g/mol. The van der Waals surface area contributed by atoms with Crippen molar-refractivity contribution in [3.63, 3.8) is 0 Å². The average Bonchev–Trinajstić information content (AvgIpc) is 3.11. The van der Waals surface area contributed by atoms with Gasteiger partial charge in [-0.1, -0.05) is 31.0 Å². The number of halogens is 2. The Kier molecular flexibility index (Phi) is 5.67. The van der Waals surface area contributed by atoms with Crippen LogP contribution in [-0.2, 0) is 4.74 Å². The van der Waals surface area contributed by atoms with Gasteiger partial charge in [-0.25, -0.2) is 8.78 Å². The third kappa shape index (κ3) is 4.10. The van der Waals surface area contributed by atoms with Gasteiger partial charge in [0.15, 0.2) is 11.6 Å². The minimum Gasteiger partial charge on any atom is -0.384 e. The van der Waals surface area contributed by atoms with Crippen molar-refractivity contribution < 1.29 is 18.3 Å². The molecule has 1 saturated carbocycles. The van der Waals surface area contributed by atoms with Gasteiger partial charge in [-0.15, -0.1) is 0 Å². The van der Waals surface area contributed by atoms with Crippen LogP contribution in [-0.4, -0.2) is 26.2 Å². The zero-order valence-electron chi connectivity index (χ0n) is 14.9. The van der Waals surface area contributed by atoms with Crippen molar-refractivity contribution in [1.29, 1.82) is 0 Å². The summed E-state index contributed by atoms with van der Waals surface area (Å²) in [6.45, 7) is 1.22. The predicted molar refractivity (Wildman–Crippen MR) is 96.9 cm³/mol. The van der Waals surface area contributed by atoms with Crippen molar-refractivity contribution in [2.75, 3.05) is 20.3 Å². The highest BCUT2D eigenvalue weighted by atomic mass is 19.2. The van der Waals surface area contributed by atoms with Crippen LogP contribution in [0, 0.1) is 17.0 Å². The molecule has 0 aromatic heterocycles. The highest BCUT2D eigenvalue weighted by Crippen LogP contribution is 2.37. The maximum Gasteiger partial charge on any atom is 0.251 e. The topological polar surface area (TPSA) is 38.3 Å². The van der Waals surface area contributed by atoms with Gasteiger partial charge in [0.05, 0.1) is 6.61 Å². The van der Waals surface area contributed by atoms with Gasteiger partial charge in [0.1, 0.15) is 0 Å². The Morgan fingerprint density at radius 2 is 1.81 bits per heavy atom. The van der Waals surface area contributed by atoms with Gasteiger partial charge in [0, 0.05) is 24.6 Å². The zero-order chi connectivity index (χ0) is 18.6. The zero-order valence-corrected chi connectivity index (χ0v) is 14.9. The van der Waals surface area contributed by atoms with E-state index < -0.39 is 11.6 Å². The summed E-state index contributed by atoms with van der Waals surface area (Å²) in [7, 11) is 1.69. The normalized spacial score (nSPS) is 15.8. The van der Waals surface area contributed by atoms with Crippen LogP contribution in [0.15, 0.2) is 42.5 Å². The van der Waals surface area contributed by atoms with E-state index in [2.05, 4.69) is 5.32 Å². The first kappa shape index (κ1) is 18.5. The second-order valence-corrected chi connectivity index (χ2v) is 7.03. The van der Waals surface area contributed by atoms with E-state index in [1.165, 1.54) is 6.07 Å². The smallest absolute Gasteiger partial charge is 0.251 e. The Hall–Kier alpha value is -2.27. The van der Waals surface area contributed by atoms with Crippen LogP contribution >= 0.6 is 0 Å². The molecule has 5 heteroatoms. The lowest BCUT2D eigenvalue weighted by Gasteiger charge is -2.28. The first-order chi connectivity index (χ1) is 12.5. The summed E-state index contributed by atoms with van der Waals surface area (Å²) in [5.41, 5.74) is 1.72. The van der Waals surface area contributed by atoms with Crippen molar-refractivity contribution in [2.45, 2.75) is 25.7 Å². The molecule has 0 bridgehead atoms. The van der Waals surface area contributed by atoms with E-state index >= 15 is 0 Å². The van der Waals surface area contributed by atoms with Crippen molar-refractivity contribution in [3.8, 4) is 11.1 Å². The molecule has 3 nitrogen and oxygen atoms in total. The third-order valence-corrected chi connectivity index (χ3v) is 5.12. The van der Waals surface area contributed by atoms with Crippen molar-refractivity contribution >= 4 is 5.91 Å². The molecule has 1 fully saturated rings. The first-order valence-electron chi connectivity index (χ1n) is 8.86. The minimum absolute atomic E-state index is 0.0160. The quantitative estimate of drug-likeness (QED) is 0.821. The number of methoxy groups -OCH3 is 1. The largest absolute Gasteiger partial charge is 0.384 e. The number of carbonyl (C=O) groups excluding carboxylic acids is 1. The van der Waals surface area contributed by atoms with Gasteiger partial charge in [-0.3, -0.25) is 4.79 Å². The molecule has 0 aliphatic heterocycles. The summed E-state index contributed by atoms with van der Waals surface area (Å²) in [6.07, 6.45) is 4.42. The number of hydrogen-bond acceptors (Lipinski definition) is 2. The highest BCUT2D eigenvalue weighted by molar-refractivity contribution is 5.95. The standard InChI is InChI=1S/C21H23F2NO2/c1-26-14-21(9-2-3-10-21)13-24-20(25)17-6-4-5-15(11-17)16-7-8-18(22)19(23)12-16/h4-8,11-12H,2-3,9-10,13-14H2,1H3,(H,24,25). The van der Waals surface area contributed by atoms with Crippen molar-refractivity contribution in [3.05, 3.63) is 59.7 Å². The number of rotatable bonds is 6. The Morgan fingerprint density at radius 1 is 1.08 bits per heavy atom. The van der Waals surface area contributed by atoms with Crippen LogP contribution in [0.3, 0.4) is 0 Å². The fraction of sp³-hybridized carbons (Fsp3) is 0.381. The lowest BCUT2D eigenvalue weighted by atomic mass is 9.87. The van der Waals surface area contributed by atoms with Gasteiger partial charge >= 0.3 is 0 Å². The van der Waals surface area contributed by atoms with E-state index in [4.69, 9.17) is 4.74 Å². The molecule has 3 rings (SSSR count). The Labute approximate surface area is 152 Å².